The number of fused-ring (bicyclic) bond motifs is 1. The van der Waals surface area contributed by atoms with E-state index in [0.717, 1.165) is 48.6 Å². The molecule has 4 aromatic rings. The molecule has 6 nitrogen and oxygen atoms in total. The Balaban J connectivity index is 1.55. The summed E-state index contributed by atoms with van der Waals surface area (Å²) in [5.41, 5.74) is 2.35. The molecule has 1 atom stereocenters. The number of halogens is 1. The van der Waals surface area contributed by atoms with Crippen LogP contribution >= 0.6 is 0 Å². The van der Waals surface area contributed by atoms with Crippen molar-refractivity contribution >= 4 is 28.4 Å². The first-order valence-electron chi connectivity index (χ1n) is 12.4. The number of benzene rings is 2. The first-order valence-corrected chi connectivity index (χ1v) is 12.4. The highest BCUT2D eigenvalue weighted by molar-refractivity contribution is 6.03. The van der Waals surface area contributed by atoms with E-state index in [-0.39, 0.29) is 30.0 Å². The molecule has 1 unspecified atom stereocenters. The van der Waals surface area contributed by atoms with Crippen LogP contribution < -0.4 is 10.2 Å². The maximum Gasteiger partial charge on any atom is 0.248 e. The normalized spacial score (nSPS) is 14.9. The average molecular weight is 485 g/mol. The predicted molar refractivity (Wildman–Crippen MR) is 138 cm³/mol. The summed E-state index contributed by atoms with van der Waals surface area (Å²) in [6.45, 7) is 0. The fraction of sp³-hybridized carbons (Fsp3) is 0.276. The smallest absolute Gasteiger partial charge is 0.248 e. The minimum absolute atomic E-state index is 0.0106. The third-order valence-corrected chi connectivity index (χ3v) is 6.88. The summed E-state index contributed by atoms with van der Waals surface area (Å²) in [7, 11) is 0. The molecule has 7 heteroatoms. The number of anilines is 1. The van der Waals surface area contributed by atoms with Gasteiger partial charge in [-0.05, 0) is 54.3 Å². The molecule has 2 N–H and O–H groups in total. The van der Waals surface area contributed by atoms with Gasteiger partial charge in [0.15, 0.2) is 0 Å². The van der Waals surface area contributed by atoms with Gasteiger partial charge < -0.3 is 10.3 Å². The number of H-pyrrole nitrogens is 1. The van der Waals surface area contributed by atoms with E-state index in [0.29, 0.717) is 5.56 Å². The van der Waals surface area contributed by atoms with Crippen LogP contribution in [-0.4, -0.2) is 27.8 Å². The summed E-state index contributed by atoms with van der Waals surface area (Å²) in [6.07, 6.45) is 10.0. The standard InChI is InChI=1S/C29H29FN4O2/c30-24-11-5-7-13-26(24)34(27(35)18-21-19-32-25-12-6-4-10-23(21)25)28(20-14-16-31-17-15-20)29(36)33-22-8-2-1-3-9-22/h4-7,10-17,19,22,28,32H,1-3,8-9,18H2,(H,33,36). The summed E-state index contributed by atoms with van der Waals surface area (Å²) in [4.78, 5) is 36.3. The summed E-state index contributed by atoms with van der Waals surface area (Å²) in [6, 6.07) is 16.2. The number of amides is 2. The van der Waals surface area contributed by atoms with Gasteiger partial charge in [-0.3, -0.25) is 19.5 Å². The lowest BCUT2D eigenvalue weighted by Crippen LogP contribution is -2.48. The Morgan fingerprint density at radius 3 is 2.50 bits per heavy atom. The van der Waals surface area contributed by atoms with Gasteiger partial charge in [0.2, 0.25) is 11.8 Å². The number of hydrogen-bond acceptors (Lipinski definition) is 3. The minimum Gasteiger partial charge on any atom is -0.361 e. The molecular weight excluding hydrogens is 455 g/mol. The molecule has 1 fully saturated rings. The van der Waals surface area contributed by atoms with Crippen LogP contribution in [0.4, 0.5) is 10.1 Å². The van der Waals surface area contributed by atoms with Gasteiger partial charge in [0.05, 0.1) is 12.1 Å². The lowest BCUT2D eigenvalue weighted by atomic mass is 9.94. The fourth-order valence-electron chi connectivity index (χ4n) is 5.08. The predicted octanol–water partition coefficient (Wildman–Crippen LogP) is 5.47. The van der Waals surface area contributed by atoms with Gasteiger partial charge in [-0.15, -0.1) is 0 Å². The van der Waals surface area contributed by atoms with Crippen LogP contribution in [0.1, 0.15) is 49.3 Å². The summed E-state index contributed by atoms with van der Waals surface area (Å²) >= 11 is 0. The van der Waals surface area contributed by atoms with Gasteiger partial charge in [0.25, 0.3) is 0 Å². The van der Waals surface area contributed by atoms with Crippen molar-refractivity contribution in [1.82, 2.24) is 15.3 Å². The Bertz CT molecular complexity index is 1350. The van der Waals surface area contributed by atoms with E-state index >= 15 is 4.39 Å². The Kier molecular flexibility index (Phi) is 7.07. The van der Waals surface area contributed by atoms with Gasteiger partial charge in [0.1, 0.15) is 11.9 Å². The van der Waals surface area contributed by atoms with Gasteiger partial charge >= 0.3 is 0 Å². The van der Waals surface area contributed by atoms with E-state index in [2.05, 4.69) is 15.3 Å². The van der Waals surface area contributed by atoms with Crippen LogP contribution in [-0.2, 0) is 16.0 Å². The molecule has 1 aliphatic rings. The minimum atomic E-state index is -1.04. The fourth-order valence-corrected chi connectivity index (χ4v) is 5.08. The number of nitrogens with one attached hydrogen (secondary N) is 2. The quantitative estimate of drug-likeness (QED) is 0.365. The zero-order chi connectivity index (χ0) is 24.9. The molecule has 0 spiro atoms. The second-order valence-electron chi connectivity index (χ2n) is 9.28. The third kappa shape index (κ3) is 5.00. The van der Waals surface area contributed by atoms with Crippen LogP contribution in [0.3, 0.4) is 0 Å². The number of pyridine rings is 1. The van der Waals surface area contributed by atoms with Crippen molar-refractivity contribution in [3.8, 4) is 0 Å². The Morgan fingerprint density at radius 1 is 1.00 bits per heavy atom. The van der Waals surface area contributed by atoms with Crippen molar-refractivity contribution in [3.05, 3.63) is 96.2 Å². The largest absolute Gasteiger partial charge is 0.361 e. The summed E-state index contributed by atoms with van der Waals surface area (Å²) < 4.78 is 15.2. The lowest BCUT2D eigenvalue weighted by Gasteiger charge is -2.33. The van der Waals surface area contributed by atoms with Gasteiger partial charge in [-0.25, -0.2) is 4.39 Å². The van der Waals surface area contributed by atoms with Crippen molar-refractivity contribution in [2.45, 2.75) is 50.6 Å². The molecular formula is C29H29FN4O2. The average Bonchev–Trinajstić information content (AvgIpc) is 3.31. The molecule has 0 bridgehead atoms. The molecule has 2 amide bonds. The van der Waals surface area contributed by atoms with Gasteiger partial charge in [0, 0.05) is 35.5 Å². The van der Waals surface area contributed by atoms with Crippen LogP contribution in [0.25, 0.3) is 10.9 Å². The molecule has 1 aliphatic carbocycles. The van der Waals surface area contributed by atoms with E-state index < -0.39 is 11.9 Å². The molecule has 0 saturated heterocycles. The second kappa shape index (κ2) is 10.7. The number of carbonyl (C=O) groups is 2. The highest BCUT2D eigenvalue weighted by atomic mass is 19.1. The van der Waals surface area contributed by atoms with Gasteiger partial charge in [-0.2, -0.15) is 0 Å². The molecule has 0 aliphatic heterocycles. The van der Waals surface area contributed by atoms with Crippen LogP contribution in [0.2, 0.25) is 0 Å². The SMILES string of the molecule is O=C(NC1CCCCC1)C(c1ccncc1)N(C(=O)Cc1c[nH]c2ccccc12)c1ccccc1F. The second-order valence-corrected chi connectivity index (χ2v) is 9.28. The Labute approximate surface area is 209 Å². The van der Waals surface area contributed by atoms with Crippen LogP contribution in [0.5, 0.6) is 0 Å². The summed E-state index contributed by atoms with van der Waals surface area (Å²) in [5, 5.41) is 4.07. The molecule has 5 rings (SSSR count). The molecule has 1 saturated carbocycles. The highest BCUT2D eigenvalue weighted by Crippen LogP contribution is 2.32. The van der Waals surface area contributed by atoms with E-state index in [1.54, 1.807) is 48.9 Å². The number of aromatic amines is 1. The number of hydrogen-bond donors (Lipinski definition) is 2. The molecule has 36 heavy (non-hydrogen) atoms. The van der Waals surface area contributed by atoms with E-state index in [1.165, 1.54) is 11.0 Å². The van der Waals surface area contributed by atoms with Crippen molar-refractivity contribution < 1.29 is 14.0 Å². The monoisotopic (exact) mass is 484 g/mol. The molecule has 184 valence electrons. The number of rotatable bonds is 7. The van der Waals surface area contributed by atoms with Crippen molar-refractivity contribution in [3.63, 3.8) is 0 Å². The Morgan fingerprint density at radius 2 is 1.72 bits per heavy atom. The molecule has 2 aromatic heterocycles. The number of aromatic nitrogens is 2. The number of para-hydroxylation sites is 2. The van der Waals surface area contributed by atoms with Crippen molar-refractivity contribution in [2.75, 3.05) is 4.90 Å². The molecule has 0 radical (unpaired) electrons. The van der Waals surface area contributed by atoms with Crippen LogP contribution in [0, 0.1) is 5.82 Å². The number of nitrogens with zero attached hydrogens (tertiary/aromatic N) is 2. The van der Waals surface area contributed by atoms with E-state index in [1.807, 2.05) is 24.3 Å². The third-order valence-electron chi connectivity index (χ3n) is 6.88. The summed E-state index contributed by atoms with van der Waals surface area (Å²) in [5.74, 6) is -1.25. The highest BCUT2D eigenvalue weighted by Gasteiger charge is 2.35. The van der Waals surface area contributed by atoms with Crippen molar-refractivity contribution in [2.24, 2.45) is 0 Å². The zero-order valence-corrected chi connectivity index (χ0v) is 20.0. The van der Waals surface area contributed by atoms with E-state index in [9.17, 15) is 9.59 Å². The first-order chi connectivity index (χ1) is 17.6. The van der Waals surface area contributed by atoms with Gasteiger partial charge in [-0.1, -0.05) is 49.6 Å². The first kappa shape index (κ1) is 23.7. The zero-order valence-electron chi connectivity index (χ0n) is 20.0. The van der Waals surface area contributed by atoms with Crippen LogP contribution in [0.15, 0.2) is 79.3 Å². The molecule has 2 aromatic carbocycles. The number of carbonyl (C=O) groups excluding carboxylic acids is 2. The maximum absolute atomic E-state index is 15.2. The lowest BCUT2D eigenvalue weighted by molar-refractivity contribution is -0.127. The Hall–Kier alpha value is -4.00. The topological polar surface area (TPSA) is 78.1 Å². The molecule has 2 heterocycles. The van der Waals surface area contributed by atoms with E-state index in [4.69, 9.17) is 0 Å². The maximum atomic E-state index is 15.2. The van der Waals surface area contributed by atoms with Crippen molar-refractivity contribution in [1.29, 1.82) is 0 Å².